The molecule has 1 fully saturated rings. The first-order valence-electron chi connectivity index (χ1n) is 7.84. The summed E-state index contributed by atoms with van der Waals surface area (Å²) in [5.74, 6) is 0.938. The number of fused-ring (bicyclic) bond motifs is 1. The second-order valence-electron chi connectivity index (χ2n) is 5.65. The third kappa shape index (κ3) is 3.42. The Balaban J connectivity index is 1.56. The van der Waals surface area contributed by atoms with Crippen LogP contribution < -0.4 is 20.1 Å². The van der Waals surface area contributed by atoms with E-state index >= 15 is 0 Å². The molecule has 0 spiro atoms. The van der Waals surface area contributed by atoms with Gasteiger partial charge in [-0.3, -0.25) is 14.9 Å². The van der Waals surface area contributed by atoms with Crippen molar-refractivity contribution in [3.05, 3.63) is 23.8 Å². The van der Waals surface area contributed by atoms with Crippen LogP contribution in [0.2, 0.25) is 0 Å². The number of nitrogens with zero attached hydrogens (tertiary/aromatic N) is 1. The Bertz CT molecular complexity index is 676. The van der Waals surface area contributed by atoms with Gasteiger partial charge in [-0.25, -0.2) is 4.79 Å². The quantitative estimate of drug-likeness (QED) is 0.749. The summed E-state index contributed by atoms with van der Waals surface area (Å²) in [5.41, 5.74) is 0.946. The summed E-state index contributed by atoms with van der Waals surface area (Å²) < 4.78 is 10.6. The smallest absolute Gasteiger partial charge is 0.322 e. The van der Waals surface area contributed by atoms with Gasteiger partial charge in [0.15, 0.2) is 11.5 Å². The fourth-order valence-corrected chi connectivity index (χ4v) is 2.72. The molecule has 0 saturated carbocycles. The van der Waals surface area contributed by atoms with Gasteiger partial charge in [0.25, 0.3) is 5.91 Å². The molecule has 2 heterocycles. The lowest BCUT2D eigenvalue weighted by molar-refractivity contribution is -0.132. The lowest BCUT2D eigenvalue weighted by Gasteiger charge is -2.21. The van der Waals surface area contributed by atoms with Gasteiger partial charge >= 0.3 is 6.03 Å². The number of imide groups is 1. The zero-order valence-electron chi connectivity index (χ0n) is 13.3. The Morgan fingerprint density at radius 2 is 2.08 bits per heavy atom. The van der Waals surface area contributed by atoms with Crippen molar-refractivity contribution in [3.63, 3.8) is 0 Å². The van der Waals surface area contributed by atoms with Crippen molar-refractivity contribution in [2.24, 2.45) is 0 Å². The van der Waals surface area contributed by atoms with Gasteiger partial charge in [-0.1, -0.05) is 6.07 Å². The summed E-state index contributed by atoms with van der Waals surface area (Å²) in [6.07, 6.45) is 0.477. The van der Waals surface area contributed by atoms with E-state index in [1.165, 1.54) is 0 Å². The largest absolute Gasteiger partial charge is 0.454 e. The summed E-state index contributed by atoms with van der Waals surface area (Å²) in [6.45, 7) is 3.12. The third-order valence-electron chi connectivity index (χ3n) is 4.05. The molecule has 1 aromatic rings. The molecule has 4 amide bonds. The summed E-state index contributed by atoms with van der Waals surface area (Å²) >= 11 is 0. The SMILES string of the molecule is CCN(Cc1ccc2c(c1)OCO2)C(=O)CC[C@H]1NC(=O)NC1=O. The van der Waals surface area contributed by atoms with Gasteiger partial charge in [0.05, 0.1) is 0 Å². The zero-order chi connectivity index (χ0) is 17.1. The summed E-state index contributed by atoms with van der Waals surface area (Å²) in [5, 5.41) is 4.65. The minimum atomic E-state index is -0.634. The highest BCUT2D eigenvalue weighted by molar-refractivity contribution is 6.04. The van der Waals surface area contributed by atoms with Crippen LogP contribution in [0, 0.1) is 0 Å². The zero-order valence-corrected chi connectivity index (χ0v) is 13.3. The molecule has 2 aliphatic heterocycles. The molecule has 128 valence electrons. The molecule has 0 aliphatic carbocycles. The van der Waals surface area contributed by atoms with Crippen LogP contribution in [0.5, 0.6) is 11.5 Å². The number of hydrogen-bond donors (Lipinski definition) is 2. The van der Waals surface area contributed by atoms with Gasteiger partial charge in [0.2, 0.25) is 12.7 Å². The topological polar surface area (TPSA) is 97.0 Å². The van der Waals surface area contributed by atoms with E-state index < -0.39 is 12.1 Å². The fraction of sp³-hybridized carbons (Fsp3) is 0.438. The minimum Gasteiger partial charge on any atom is -0.454 e. The molecule has 0 aromatic heterocycles. The van der Waals surface area contributed by atoms with E-state index in [2.05, 4.69) is 10.6 Å². The Labute approximate surface area is 139 Å². The van der Waals surface area contributed by atoms with Crippen LogP contribution in [0.1, 0.15) is 25.3 Å². The second kappa shape index (κ2) is 6.77. The lowest BCUT2D eigenvalue weighted by Crippen LogP contribution is -2.34. The lowest BCUT2D eigenvalue weighted by atomic mass is 10.1. The Kier molecular flexibility index (Phi) is 4.54. The van der Waals surface area contributed by atoms with Crippen LogP contribution in [0.4, 0.5) is 4.79 Å². The Morgan fingerprint density at radius 3 is 2.79 bits per heavy atom. The predicted octanol–water partition coefficient (Wildman–Crippen LogP) is 0.752. The third-order valence-corrected chi connectivity index (χ3v) is 4.05. The highest BCUT2D eigenvalue weighted by Crippen LogP contribution is 2.32. The number of rotatable bonds is 6. The maximum Gasteiger partial charge on any atom is 0.322 e. The van der Waals surface area contributed by atoms with E-state index in [4.69, 9.17) is 9.47 Å². The number of carbonyl (C=O) groups is 3. The number of urea groups is 1. The molecule has 1 atom stereocenters. The average molecular weight is 333 g/mol. The molecular formula is C16H19N3O5. The standard InChI is InChI=1S/C16H19N3O5/c1-2-19(8-10-3-5-12-13(7-10)24-9-23-12)14(20)6-4-11-15(21)18-16(22)17-11/h3,5,7,11H,2,4,6,8-9H2,1H3,(H2,17,18,21,22)/t11-/m1/s1. The molecule has 1 aromatic carbocycles. The maximum atomic E-state index is 12.4. The summed E-state index contributed by atoms with van der Waals surface area (Å²) in [4.78, 5) is 36.6. The summed E-state index contributed by atoms with van der Waals surface area (Å²) in [6, 6.07) is 4.45. The molecule has 24 heavy (non-hydrogen) atoms. The van der Waals surface area contributed by atoms with Gasteiger partial charge in [0.1, 0.15) is 6.04 Å². The molecule has 0 unspecified atom stereocenters. The first kappa shape index (κ1) is 16.1. The maximum absolute atomic E-state index is 12.4. The van der Waals surface area contributed by atoms with Crippen LogP contribution in [0.25, 0.3) is 0 Å². The van der Waals surface area contributed by atoms with E-state index in [9.17, 15) is 14.4 Å². The summed E-state index contributed by atoms with van der Waals surface area (Å²) in [7, 11) is 0. The molecule has 2 aliphatic rings. The Morgan fingerprint density at radius 1 is 1.29 bits per heavy atom. The normalized spacial score (nSPS) is 18.3. The predicted molar refractivity (Wildman–Crippen MR) is 83.4 cm³/mol. The number of benzene rings is 1. The van der Waals surface area contributed by atoms with Gasteiger partial charge < -0.3 is 19.7 Å². The van der Waals surface area contributed by atoms with Gasteiger partial charge in [-0.2, -0.15) is 0 Å². The highest BCUT2D eigenvalue weighted by atomic mass is 16.7. The minimum absolute atomic E-state index is 0.0656. The van der Waals surface area contributed by atoms with Crippen molar-refractivity contribution < 1.29 is 23.9 Å². The van der Waals surface area contributed by atoms with Crippen LogP contribution in [-0.2, 0) is 16.1 Å². The molecular weight excluding hydrogens is 314 g/mol. The fourth-order valence-electron chi connectivity index (χ4n) is 2.72. The van der Waals surface area contributed by atoms with Crippen molar-refractivity contribution in [1.29, 1.82) is 0 Å². The number of nitrogens with one attached hydrogen (secondary N) is 2. The van der Waals surface area contributed by atoms with Gasteiger partial charge in [0, 0.05) is 19.5 Å². The highest BCUT2D eigenvalue weighted by Gasteiger charge is 2.30. The van der Waals surface area contributed by atoms with Gasteiger partial charge in [-0.15, -0.1) is 0 Å². The average Bonchev–Trinajstić information content (AvgIpc) is 3.15. The van der Waals surface area contributed by atoms with Crippen molar-refractivity contribution >= 4 is 17.8 Å². The van der Waals surface area contributed by atoms with Crippen LogP contribution >= 0.6 is 0 Å². The Hall–Kier alpha value is -2.77. The molecule has 1 saturated heterocycles. The number of ether oxygens (including phenoxy) is 2. The molecule has 3 rings (SSSR count). The van der Waals surface area contributed by atoms with E-state index in [1.54, 1.807) is 4.90 Å². The van der Waals surface area contributed by atoms with E-state index in [0.29, 0.717) is 24.6 Å². The van der Waals surface area contributed by atoms with Crippen LogP contribution in [-0.4, -0.2) is 42.1 Å². The number of amides is 4. The molecule has 8 nitrogen and oxygen atoms in total. The van der Waals surface area contributed by atoms with E-state index in [-0.39, 0.29) is 31.4 Å². The number of hydrogen-bond acceptors (Lipinski definition) is 5. The monoisotopic (exact) mass is 333 g/mol. The first-order valence-corrected chi connectivity index (χ1v) is 7.84. The van der Waals surface area contributed by atoms with E-state index in [1.807, 2.05) is 25.1 Å². The van der Waals surface area contributed by atoms with E-state index in [0.717, 1.165) is 5.56 Å². The van der Waals surface area contributed by atoms with Crippen molar-refractivity contribution in [2.45, 2.75) is 32.4 Å². The molecule has 8 heteroatoms. The van der Waals surface area contributed by atoms with Gasteiger partial charge in [-0.05, 0) is 31.0 Å². The van der Waals surface area contributed by atoms with Crippen LogP contribution in [0.3, 0.4) is 0 Å². The van der Waals surface area contributed by atoms with Crippen molar-refractivity contribution in [1.82, 2.24) is 15.5 Å². The first-order chi connectivity index (χ1) is 11.6. The van der Waals surface area contributed by atoms with Crippen molar-refractivity contribution in [3.8, 4) is 11.5 Å². The molecule has 0 bridgehead atoms. The van der Waals surface area contributed by atoms with Crippen LogP contribution in [0.15, 0.2) is 18.2 Å². The molecule has 0 radical (unpaired) electrons. The number of carbonyl (C=O) groups excluding carboxylic acids is 3. The van der Waals surface area contributed by atoms with Crippen molar-refractivity contribution in [2.75, 3.05) is 13.3 Å². The second-order valence-corrected chi connectivity index (χ2v) is 5.65. The molecule has 2 N–H and O–H groups in total.